The number of pyridine rings is 2. The predicted molar refractivity (Wildman–Crippen MR) is 273 cm³/mol. The summed E-state index contributed by atoms with van der Waals surface area (Å²) in [6, 6.07) is 18.7. The van der Waals surface area contributed by atoms with Crippen LogP contribution in [0.2, 0.25) is 10.0 Å². The molecule has 4 aromatic rings. The van der Waals surface area contributed by atoms with Gasteiger partial charge >= 0.3 is 195 Å². The van der Waals surface area contributed by atoms with E-state index in [1.54, 1.807) is 23.2 Å². The van der Waals surface area contributed by atoms with Gasteiger partial charge in [-0.05, 0) is 58.4 Å². The van der Waals surface area contributed by atoms with Gasteiger partial charge in [-0.1, -0.05) is 89.0 Å². The van der Waals surface area contributed by atoms with E-state index in [9.17, 15) is 19.8 Å². The second-order valence-electron chi connectivity index (χ2n) is 16.5. The minimum absolute atomic E-state index is 0.0720. The zero-order valence-electron chi connectivity index (χ0n) is 41.2. The Hall–Kier alpha value is 5.19. The second kappa shape index (κ2) is 38.7. The Kier molecular flexibility index (Phi) is 40.6. The fourth-order valence-electron chi connectivity index (χ4n) is 6.27. The van der Waals surface area contributed by atoms with Gasteiger partial charge < -0.3 is 45.8 Å². The van der Waals surface area contributed by atoms with Gasteiger partial charge in [0.05, 0.1) is 28.9 Å². The number of nitrogens with one attached hydrogen (secondary N) is 2. The van der Waals surface area contributed by atoms with Crippen molar-refractivity contribution in [1.29, 1.82) is 0 Å². The van der Waals surface area contributed by atoms with Gasteiger partial charge in [-0.15, -0.1) is 0 Å². The number of benzene rings is 2. The molecule has 0 unspecified atom stereocenters. The zero-order chi connectivity index (χ0) is 50.0. The van der Waals surface area contributed by atoms with Crippen molar-refractivity contribution in [1.82, 2.24) is 20.2 Å². The summed E-state index contributed by atoms with van der Waals surface area (Å²) >= 11 is 20.0. The molecule has 2 aliphatic heterocycles. The van der Waals surface area contributed by atoms with Crippen molar-refractivity contribution in [2.75, 3.05) is 80.7 Å². The molecular weight excluding hydrogens is 1040 g/mol. The fourth-order valence-corrected chi connectivity index (χ4v) is 6.86. The summed E-state index contributed by atoms with van der Waals surface area (Å²) in [5.74, 6) is 1.35. The Morgan fingerprint density at radius 1 is 0.712 bits per heavy atom. The molecule has 2 fully saturated rings. The van der Waals surface area contributed by atoms with Crippen LogP contribution in [0.3, 0.4) is 0 Å². The first-order valence-electron chi connectivity index (χ1n) is 22.9. The van der Waals surface area contributed by atoms with Crippen molar-refractivity contribution in [2.45, 2.75) is 64.6 Å². The van der Waals surface area contributed by atoms with Crippen LogP contribution in [0, 0.1) is 0 Å². The Morgan fingerprint density at radius 3 is 1.47 bits per heavy atom. The van der Waals surface area contributed by atoms with E-state index in [1.807, 2.05) is 53.4 Å². The number of carbonyl (C=O) groups is 1. The zero-order valence-corrected chi connectivity index (χ0v) is 61.4. The number of amides is 2. The van der Waals surface area contributed by atoms with Gasteiger partial charge in [0.2, 0.25) is 6.08 Å². The number of halogens is 2. The summed E-state index contributed by atoms with van der Waals surface area (Å²) in [5.41, 5.74) is 5.11. The van der Waals surface area contributed by atoms with Crippen LogP contribution in [0.1, 0.15) is 76.0 Å². The predicted octanol–water partition coefficient (Wildman–Crippen LogP) is 4.25. The normalized spacial score (nSPS) is 14.3. The third kappa shape index (κ3) is 25.6. The average molecular weight is 1100 g/mol. The van der Waals surface area contributed by atoms with Crippen LogP contribution in [0.5, 0.6) is 0 Å². The molecule has 0 saturated carbocycles. The van der Waals surface area contributed by atoms with Crippen molar-refractivity contribution in [2.24, 2.45) is 4.99 Å². The second-order valence-corrected chi connectivity index (χ2v) is 17.3. The van der Waals surface area contributed by atoms with Gasteiger partial charge in [-0.25, -0.2) is 19.6 Å². The van der Waals surface area contributed by atoms with E-state index in [1.165, 1.54) is 213 Å². The first-order valence-corrected chi connectivity index (χ1v) is 71.6. The number of isocyanates is 1. The summed E-state index contributed by atoms with van der Waals surface area (Å²) in [4.78, 5) is 40.6. The number of carbonyl (C=O) groups excluding carboxylic acids is 2. The molecule has 14 nitrogen and oxygen atoms in total. The van der Waals surface area contributed by atoms with Crippen LogP contribution in [0.4, 0.5) is 27.8 Å². The molecule has 6 rings (SSSR count). The topological polar surface area (TPSA) is 187 Å². The fraction of sp³-hybridized carbons (Fsp3) is 0.455. The molecule has 6 N–H and O–H groups in total. The van der Waals surface area contributed by atoms with Crippen molar-refractivity contribution < 1.29 is 30.0 Å². The molecule has 4 heterocycles. The summed E-state index contributed by atoms with van der Waals surface area (Å²) in [6.07, 6.45) is 2.68. The molecule has 2 atom stereocenters. The number of anilines is 3. The standard InChI is InChI=1S/C22H29ClN4O3.C11H16ClN3O2.C11H13NO.6K/c1-22(2,3)16-4-6-17(7-5-16)25-21(30)27-10-8-26(9-11-27)20-18(23)12-15(13-24-20)19(29)14-28;12-9-5-8(10(17)7-16)6-14-11(9)15-3-1-13-2-4-15;1-11(2,3)9-4-6-10(7-5-9)12-8-13;;;;;;/h4-7,12-13,19,28-29H,8-11,14H2,1-3H3,(H,25,30);5-6,10,13,16-17H,1-4,7H2;4-7H,1-3H3;;;;;;/t19-;10-;;;;;;;/m11......./s1. The average Bonchev–Trinajstić information content (AvgIpc) is 3.33. The first kappa shape index (κ1) is 69.2. The summed E-state index contributed by atoms with van der Waals surface area (Å²) in [7, 11) is 0. The molecule has 22 heteroatoms. The van der Waals surface area contributed by atoms with Gasteiger partial charge in [0.1, 0.15) is 23.8 Å². The third-order valence-electron chi connectivity index (χ3n) is 9.99. The summed E-state index contributed by atoms with van der Waals surface area (Å²) in [6.45, 7) is 18.1. The van der Waals surface area contributed by atoms with Crippen LogP contribution in [-0.4, -0.2) is 302 Å². The molecule has 2 amide bonds. The van der Waals surface area contributed by atoms with Gasteiger partial charge in [0, 0.05) is 81.6 Å². The molecule has 0 spiro atoms. The Morgan fingerprint density at radius 2 is 1.11 bits per heavy atom. The number of hydrogen-bond donors (Lipinski definition) is 6. The molecule has 2 aromatic carbocycles. The van der Waals surface area contributed by atoms with E-state index in [-0.39, 0.29) is 30.1 Å². The number of piperazine rings is 2. The molecule has 2 aromatic heterocycles. The third-order valence-corrected chi connectivity index (χ3v) is 10.6. The maximum atomic E-state index is 12.6. The van der Waals surface area contributed by atoms with Crippen molar-refractivity contribution in [3.05, 3.63) is 105 Å². The van der Waals surface area contributed by atoms with Gasteiger partial charge in [0.15, 0.2) is 0 Å². The van der Waals surface area contributed by atoms with E-state index in [2.05, 4.69) is 72.0 Å². The number of rotatable bonds is 8. The summed E-state index contributed by atoms with van der Waals surface area (Å²) < 4.78 is 0. The van der Waals surface area contributed by atoms with Gasteiger partial charge in [0.25, 0.3) is 0 Å². The molecule has 0 radical (unpaired) electrons. The Balaban J connectivity index is 0.000000511. The van der Waals surface area contributed by atoms with Crippen LogP contribution in [0.25, 0.3) is 0 Å². The van der Waals surface area contributed by atoms with Crippen LogP contribution >= 0.6 is 23.2 Å². The molecule has 330 valence electrons. The van der Waals surface area contributed by atoms with E-state index >= 15 is 0 Å². The van der Waals surface area contributed by atoms with Crippen molar-refractivity contribution >= 4 is 248 Å². The molecule has 66 heavy (non-hydrogen) atoms. The van der Waals surface area contributed by atoms with E-state index < -0.39 is 12.2 Å². The number of aliphatic hydroxyl groups excluding tert-OH is 4. The SMILES string of the molecule is CC(C)(C)c1ccc(N=C=O)cc1.CC(C)(C)c1ccc(NC(=O)N2CCN(c3ncc([C@H](O)CO)cc3Cl)CC2)cc1.OC[C@@H](O)c1cnc(N2CCNCC2)c(Cl)c1.[K][K].[K][K].[K][K]. The number of nitrogens with zero attached hydrogens (tertiary/aromatic N) is 6. The number of aromatic nitrogens is 2. The van der Waals surface area contributed by atoms with Crippen LogP contribution < -0.4 is 20.4 Å². The van der Waals surface area contributed by atoms with E-state index in [0.29, 0.717) is 58.9 Å². The van der Waals surface area contributed by atoms with Crippen molar-refractivity contribution in [3.63, 3.8) is 0 Å². The van der Waals surface area contributed by atoms with E-state index in [0.717, 1.165) is 37.7 Å². The molecule has 2 aliphatic rings. The van der Waals surface area contributed by atoms with Crippen LogP contribution in [-0.2, 0) is 15.6 Å². The number of urea groups is 1. The minimum atomic E-state index is -0.998. The monoisotopic (exact) mass is 1100 g/mol. The number of hydrogen-bond acceptors (Lipinski definition) is 12. The summed E-state index contributed by atoms with van der Waals surface area (Å²) in [5, 5.41) is 44.3. The maximum absolute atomic E-state index is 12.6. The van der Waals surface area contributed by atoms with Gasteiger partial charge in [-0.2, -0.15) is 4.99 Å². The number of aliphatic imine (C=N–C) groups is 1. The number of aliphatic hydroxyl groups is 4. The van der Waals surface area contributed by atoms with Gasteiger partial charge in [-0.3, -0.25) is 0 Å². The molecular formula is C44H58Cl2K6N8O6. The first-order chi connectivity index (χ1) is 31.4. The molecule has 0 bridgehead atoms. The van der Waals surface area contributed by atoms with Crippen molar-refractivity contribution in [3.8, 4) is 0 Å². The molecule has 0 aliphatic carbocycles. The van der Waals surface area contributed by atoms with Crippen LogP contribution in [0.15, 0.2) is 78.0 Å². The molecule has 2 saturated heterocycles. The Labute approximate surface area is 537 Å². The van der Waals surface area contributed by atoms with E-state index in [4.69, 9.17) is 33.4 Å². The Bertz CT molecular complexity index is 2050. The quantitative estimate of drug-likeness (QED) is 0.0843.